The largest absolute Gasteiger partial charge is 0.488 e. The maximum absolute atomic E-state index is 6.39. The summed E-state index contributed by atoms with van der Waals surface area (Å²) in [7, 11) is 0. The summed E-state index contributed by atoms with van der Waals surface area (Å²) in [5, 5.41) is 0.675. The molecule has 1 aromatic carbocycles. The van der Waals surface area contributed by atoms with Crippen molar-refractivity contribution in [2.45, 2.75) is 59.1 Å². The van der Waals surface area contributed by atoms with Crippen LogP contribution in [0.15, 0.2) is 18.2 Å². The zero-order valence-corrected chi connectivity index (χ0v) is 14.2. The second-order valence-electron chi connectivity index (χ2n) is 7.70. The predicted octanol–water partition coefficient (Wildman–Crippen LogP) is 4.95. The third kappa shape index (κ3) is 2.19. The van der Waals surface area contributed by atoms with Crippen molar-refractivity contribution in [3.63, 3.8) is 0 Å². The number of benzene rings is 1. The van der Waals surface area contributed by atoms with E-state index < -0.39 is 0 Å². The van der Waals surface area contributed by atoms with Crippen molar-refractivity contribution in [3.8, 4) is 5.75 Å². The van der Waals surface area contributed by atoms with Crippen LogP contribution in [0.4, 0.5) is 0 Å². The van der Waals surface area contributed by atoms with Crippen LogP contribution in [-0.2, 0) is 0 Å². The van der Waals surface area contributed by atoms with E-state index in [-0.39, 0.29) is 17.6 Å². The smallest absolute Gasteiger partial charge is 0.138 e. The number of halogens is 1. The van der Waals surface area contributed by atoms with E-state index in [1.54, 1.807) is 0 Å². The van der Waals surface area contributed by atoms with Crippen LogP contribution >= 0.6 is 11.6 Å². The Bertz CT molecular complexity index is 554. The lowest BCUT2D eigenvalue weighted by Gasteiger charge is -2.39. The molecule has 3 heteroatoms. The summed E-state index contributed by atoms with van der Waals surface area (Å²) in [5.41, 5.74) is 7.56. The van der Waals surface area contributed by atoms with Crippen LogP contribution in [0.25, 0.3) is 0 Å². The number of nitrogens with two attached hydrogens (primary N) is 1. The van der Waals surface area contributed by atoms with Gasteiger partial charge in [0.1, 0.15) is 11.9 Å². The highest BCUT2D eigenvalue weighted by Gasteiger charge is 2.62. The normalized spacial score (nSPS) is 35.0. The Hall–Kier alpha value is -0.730. The van der Waals surface area contributed by atoms with Crippen LogP contribution in [0, 0.1) is 16.7 Å². The standard InChI is InChI=1S/C18H26ClNO/c1-11(20)12-5-6-15(14(19)9-12)21-16-10-13-7-8-18(16,4)17(13,2)3/h5-6,9,11,13,16H,7-8,10,20H2,1-4H3/t11-,13?,16?,18?/m0/s1. The van der Waals surface area contributed by atoms with Gasteiger partial charge in [-0.15, -0.1) is 0 Å². The Balaban J connectivity index is 1.83. The van der Waals surface area contributed by atoms with Gasteiger partial charge < -0.3 is 10.5 Å². The first-order chi connectivity index (χ1) is 9.75. The molecule has 2 nitrogen and oxygen atoms in total. The number of ether oxygens (including phenoxy) is 1. The summed E-state index contributed by atoms with van der Waals surface area (Å²) in [6.45, 7) is 9.14. The average Bonchev–Trinajstić information content (AvgIpc) is 2.74. The molecular formula is C18H26ClNO. The first-order valence-electron chi connectivity index (χ1n) is 7.97. The summed E-state index contributed by atoms with van der Waals surface area (Å²) in [6, 6.07) is 5.92. The summed E-state index contributed by atoms with van der Waals surface area (Å²) < 4.78 is 6.34. The van der Waals surface area contributed by atoms with Crippen molar-refractivity contribution in [2.75, 3.05) is 0 Å². The molecule has 0 heterocycles. The molecule has 21 heavy (non-hydrogen) atoms. The molecule has 116 valence electrons. The number of hydrogen-bond donors (Lipinski definition) is 1. The van der Waals surface area contributed by atoms with Crippen LogP contribution in [0.5, 0.6) is 5.75 Å². The van der Waals surface area contributed by atoms with Crippen molar-refractivity contribution in [3.05, 3.63) is 28.8 Å². The Morgan fingerprint density at radius 3 is 2.52 bits per heavy atom. The molecule has 2 saturated carbocycles. The van der Waals surface area contributed by atoms with Gasteiger partial charge in [-0.2, -0.15) is 0 Å². The maximum Gasteiger partial charge on any atom is 0.138 e. The van der Waals surface area contributed by atoms with E-state index in [0.717, 1.165) is 23.7 Å². The predicted molar refractivity (Wildman–Crippen MR) is 87.7 cm³/mol. The molecule has 2 N–H and O–H groups in total. The molecule has 2 aliphatic rings. The fourth-order valence-corrected chi connectivity index (χ4v) is 4.59. The summed E-state index contributed by atoms with van der Waals surface area (Å²) in [4.78, 5) is 0. The van der Waals surface area contributed by atoms with Crippen LogP contribution in [-0.4, -0.2) is 6.10 Å². The summed E-state index contributed by atoms with van der Waals surface area (Å²) in [5.74, 6) is 1.57. The highest BCUT2D eigenvalue weighted by molar-refractivity contribution is 6.32. The fraction of sp³-hybridized carbons (Fsp3) is 0.667. The second kappa shape index (κ2) is 4.89. The minimum Gasteiger partial charge on any atom is -0.488 e. The lowest BCUT2D eigenvalue weighted by atomic mass is 9.70. The first kappa shape index (κ1) is 15.2. The lowest BCUT2D eigenvalue weighted by molar-refractivity contribution is 0.0302. The summed E-state index contributed by atoms with van der Waals surface area (Å²) in [6.07, 6.45) is 4.00. The van der Waals surface area contributed by atoms with Crippen molar-refractivity contribution < 1.29 is 4.74 Å². The monoisotopic (exact) mass is 307 g/mol. The Labute approximate surface area is 133 Å². The van der Waals surface area contributed by atoms with Gasteiger partial charge in [0.05, 0.1) is 5.02 Å². The molecule has 0 aliphatic heterocycles. The first-order valence-corrected chi connectivity index (χ1v) is 8.35. The number of hydrogen-bond acceptors (Lipinski definition) is 2. The molecule has 3 unspecified atom stereocenters. The van der Waals surface area contributed by atoms with Gasteiger partial charge >= 0.3 is 0 Å². The van der Waals surface area contributed by atoms with E-state index >= 15 is 0 Å². The molecule has 1 aromatic rings. The molecule has 0 saturated heterocycles. The topological polar surface area (TPSA) is 35.2 Å². The van der Waals surface area contributed by atoms with Gasteiger partial charge in [-0.25, -0.2) is 0 Å². The van der Waals surface area contributed by atoms with Crippen LogP contribution in [0.2, 0.25) is 5.02 Å². The van der Waals surface area contributed by atoms with Crippen LogP contribution < -0.4 is 10.5 Å². The fourth-order valence-electron chi connectivity index (χ4n) is 4.36. The lowest BCUT2D eigenvalue weighted by Crippen LogP contribution is -2.38. The van der Waals surface area contributed by atoms with Gasteiger partial charge in [0.2, 0.25) is 0 Å². The van der Waals surface area contributed by atoms with Crippen LogP contribution in [0.1, 0.15) is 58.6 Å². The molecule has 0 spiro atoms. The van der Waals surface area contributed by atoms with Crippen molar-refractivity contribution in [2.24, 2.45) is 22.5 Å². The van der Waals surface area contributed by atoms with E-state index in [4.69, 9.17) is 22.1 Å². The van der Waals surface area contributed by atoms with Crippen LogP contribution in [0.3, 0.4) is 0 Å². The molecule has 0 aromatic heterocycles. The summed E-state index contributed by atoms with van der Waals surface area (Å²) >= 11 is 6.39. The van der Waals surface area contributed by atoms with E-state index in [1.807, 2.05) is 25.1 Å². The molecule has 2 fully saturated rings. The van der Waals surface area contributed by atoms with Crippen molar-refractivity contribution in [1.82, 2.24) is 0 Å². The van der Waals surface area contributed by atoms with Gasteiger partial charge in [-0.3, -0.25) is 0 Å². The molecule has 4 atom stereocenters. The number of rotatable bonds is 3. The van der Waals surface area contributed by atoms with Gasteiger partial charge in [-0.1, -0.05) is 38.4 Å². The van der Waals surface area contributed by atoms with E-state index in [1.165, 1.54) is 12.8 Å². The van der Waals surface area contributed by atoms with Crippen molar-refractivity contribution >= 4 is 11.6 Å². The molecular weight excluding hydrogens is 282 g/mol. The highest BCUT2D eigenvalue weighted by Crippen LogP contribution is 2.66. The van der Waals surface area contributed by atoms with Crippen molar-refractivity contribution in [1.29, 1.82) is 0 Å². The van der Waals surface area contributed by atoms with Gasteiger partial charge in [0.25, 0.3) is 0 Å². The van der Waals surface area contributed by atoms with E-state index in [9.17, 15) is 0 Å². The molecule has 3 rings (SSSR count). The molecule has 2 aliphatic carbocycles. The second-order valence-corrected chi connectivity index (χ2v) is 8.10. The average molecular weight is 308 g/mol. The quantitative estimate of drug-likeness (QED) is 0.857. The van der Waals surface area contributed by atoms with E-state index in [0.29, 0.717) is 10.4 Å². The van der Waals surface area contributed by atoms with Gasteiger partial charge in [-0.05, 0) is 55.2 Å². The minimum absolute atomic E-state index is 0.00417. The SMILES string of the molecule is C[C@H](N)c1ccc(OC2CC3CCC2(C)C3(C)C)c(Cl)c1. The number of fused-ring (bicyclic) bond motifs is 2. The third-order valence-electron chi connectivity index (χ3n) is 6.46. The molecule has 0 radical (unpaired) electrons. The Morgan fingerprint density at radius 2 is 2.05 bits per heavy atom. The minimum atomic E-state index is -0.00417. The third-order valence-corrected chi connectivity index (χ3v) is 6.76. The maximum atomic E-state index is 6.39. The van der Waals surface area contributed by atoms with Gasteiger partial charge in [0, 0.05) is 11.5 Å². The Morgan fingerprint density at radius 1 is 1.33 bits per heavy atom. The highest BCUT2D eigenvalue weighted by atomic mass is 35.5. The molecule has 2 bridgehead atoms. The zero-order chi connectivity index (χ0) is 15.4. The Kier molecular flexibility index (Phi) is 3.53. The van der Waals surface area contributed by atoms with Gasteiger partial charge in [0.15, 0.2) is 0 Å². The zero-order valence-electron chi connectivity index (χ0n) is 13.4. The van der Waals surface area contributed by atoms with E-state index in [2.05, 4.69) is 20.8 Å². The molecule has 0 amide bonds.